The molecule has 0 aromatic carbocycles. The summed E-state index contributed by atoms with van der Waals surface area (Å²) in [5.74, 6) is 0.736. The first-order chi connectivity index (χ1) is 3.39. The van der Waals surface area contributed by atoms with Crippen molar-refractivity contribution in [3.63, 3.8) is 0 Å². The van der Waals surface area contributed by atoms with Crippen LogP contribution in [0.1, 0.15) is 12.8 Å². The van der Waals surface area contributed by atoms with Crippen LogP contribution in [0.5, 0.6) is 0 Å². The molecule has 0 aliphatic carbocycles. The van der Waals surface area contributed by atoms with Crippen LogP contribution in [0.2, 0.25) is 0 Å². The fourth-order valence-corrected chi connectivity index (χ4v) is 1.39. The molecule has 1 heterocycles. The van der Waals surface area contributed by atoms with Crippen molar-refractivity contribution in [2.45, 2.75) is 12.8 Å². The lowest BCUT2D eigenvalue weighted by molar-refractivity contribution is 0.320. The second kappa shape index (κ2) is 2.43. The van der Waals surface area contributed by atoms with E-state index in [0.717, 1.165) is 18.6 Å². The summed E-state index contributed by atoms with van der Waals surface area (Å²) in [6.07, 6.45) is 2.14. The van der Waals surface area contributed by atoms with Gasteiger partial charge in [-0.1, -0.05) is 0 Å². The van der Waals surface area contributed by atoms with Crippen LogP contribution in [0.25, 0.3) is 0 Å². The highest BCUT2D eigenvalue weighted by molar-refractivity contribution is 7.80. The zero-order valence-corrected chi connectivity index (χ0v) is 4.87. The lowest BCUT2D eigenvalue weighted by Gasteiger charge is -2.07. The topological polar surface area (TPSA) is 26.3 Å². The highest BCUT2D eigenvalue weighted by atomic mass is 32.2. The molecule has 1 rings (SSSR count). The first-order valence-electron chi connectivity index (χ1n) is 2.41. The van der Waals surface area contributed by atoms with E-state index in [1.165, 1.54) is 0 Å². The summed E-state index contributed by atoms with van der Waals surface area (Å²) in [6, 6.07) is 0. The minimum absolute atomic E-state index is 0.687. The van der Waals surface area contributed by atoms with E-state index < -0.39 is 11.1 Å². The maximum absolute atomic E-state index is 10.4. The molecular formula is C4H8O2S. The van der Waals surface area contributed by atoms with E-state index in [1.54, 1.807) is 0 Å². The molecule has 0 N–H and O–H groups in total. The summed E-state index contributed by atoms with van der Waals surface area (Å²) in [6.45, 7) is 0.687. The lowest BCUT2D eigenvalue weighted by atomic mass is 10.4. The van der Waals surface area contributed by atoms with Crippen LogP contribution in [-0.2, 0) is 15.3 Å². The van der Waals surface area contributed by atoms with Gasteiger partial charge in [-0.25, -0.2) is 4.21 Å². The second-order valence-corrected chi connectivity index (χ2v) is 2.79. The van der Waals surface area contributed by atoms with Crippen LogP contribution in [0.3, 0.4) is 0 Å². The van der Waals surface area contributed by atoms with E-state index in [1.807, 2.05) is 0 Å². The molecule has 1 fully saturated rings. The minimum Gasteiger partial charge on any atom is -0.291 e. The summed E-state index contributed by atoms with van der Waals surface area (Å²) in [7, 11) is 0. The van der Waals surface area contributed by atoms with Gasteiger partial charge in [-0.15, -0.1) is 0 Å². The molecule has 42 valence electrons. The molecule has 0 radical (unpaired) electrons. The number of hydrogen-bond acceptors (Lipinski definition) is 2. The Balaban J connectivity index is 2.25. The fraction of sp³-hybridized carbons (Fsp3) is 1.00. The Bertz CT molecular complexity index is 73.8. The molecule has 1 unspecified atom stereocenters. The van der Waals surface area contributed by atoms with E-state index in [9.17, 15) is 4.21 Å². The predicted octanol–water partition coefficient (Wildman–Crippen LogP) is 0.461. The molecule has 1 aliphatic rings. The second-order valence-electron chi connectivity index (χ2n) is 1.54. The molecule has 0 amide bonds. The Morgan fingerprint density at radius 3 is 2.57 bits per heavy atom. The first kappa shape index (κ1) is 5.25. The third-order valence-corrected chi connectivity index (χ3v) is 1.97. The molecule has 1 aliphatic heterocycles. The van der Waals surface area contributed by atoms with Gasteiger partial charge in [0.15, 0.2) is 11.1 Å². The standard InChI is InChI=1S/C4H8O2S/c5-7-4-2-1-3-6-7/h1-4H2. The Labute approximate surface area is 45.5 Å². The molecule has 1 saturated heterocycles. The molecule has 0 saturated carbocycles. The Hall–Kier alpha value is 0.110. The van der Waals surface area contributed by atoms with Crippen molar-refractivity contribution in [2.24, 2.45) is 0 Å². The third-order valence-electron chi connectivity index (χ3n) is 0.920. The SMILES string of the molecule is O=S1CCCCO1. The summed E-state index contributed by atoms with van der Waals surface area (Å²) in [5.41, 5.74) is 0. The van der Waals surface area contributed by atoms with Crippen LogP contribution in [0.4, 0.5) is 0 Å². The molecule has 0 aromatic heterocycles. The van der Waals surface area contributed by atoms with Crippen LogP contribution in [0.15, 0.2) is 0 Å². The average molecular weight is 120 g/mol. The predicted molar refractivity (Wildman–Crippen MR) is 28.2 cm³/mol. The van der Waals surface area contributed by atoms with Gasteiger partial charge in [0.1, 0.15) is 0 Å². The highest BCUT2D eigenvalue weighted by Gasteiger charge is 2.04. The van der Waals surface area contributed by atoms with E-state index in [2.05, 4.69) is 0 Å². The van der Waals surface area contributed by atoms with E-state index in [0.29, 0.717) is 6.61 Å². The number of hydrogen-bond donors (Lipinski definition) is 0. The van der Waals surface area contributed by atoms with Crippen molar-refractivity contribution in [3.8, 4) is 0 Å². The lowest BCUT2D eigenvalue weighted by Crippen LogP contribution is -2.10. The summed E-state index contributed by atoms with van der Waals surface area (Å²) >= 11 is -0.940. The van der Waals surface area contributed by atoms with Crippen LogP contribution in [-0.4, -0.2) is 16.6 Å². The van der Waals surface area contributed by atoms with Gasteiger partial charge in [-0.05, 0) is 12.8 Å². The molecule has 0 spiro atoms. The van der Waals surface area contributed by atoms with Crippen molar-refractivity contribution in [2.75, 3.05) is 12.4 Å². The van der Waals surface area contributed by atoms with Crippen LogP contribution >= 0.6 is 0 Å². The summed E-state index contributed by atoms with van der Waals surface area (Å²) in [5, 5.41) is 0. The van der Waals surface area contributed by atoms with E-state index in [-0.39, 0.29) is 0 Å². The van der Waals surface area contributed by atoms with Crippen molar-refractivity contribution in [1.82, 2.24) is 0 Å². The van der Waals surface area contributed by atoms with Gasteiger partial charge in [0.25, 0.3) is 0 Å². The van der Waals surface area contributed by atoms with Gasteiger partial charge >= 0.3 is 0 Å². The maximum Gasteiger partial charge on any atom is 0.155 e. The van der Waals surface area contributed by atoms with Crippen LogP contribution < -0.4 is 0 Å². The molecule has 0 aromatic rings. The normalized spacial score (nSPS) is 32.9. The molecule has 7 heavy (non-hydrogen) atoms. The van der Waals surface area contributed by atoms with Crippen molar-refractivity contribution < 1.29 is 8.39 Å². The van der Waals surface area contributed by atoms with Gasteiger partial charge in [-0.3, -0.25) is 4.18 Å². The largest absolute Gasteiger partial charge is 0.291 e. The van der Waals surface area contributed by atoms with Gasteiger partial charge in [-0.2, -0.15) is 0 Å². The number of rotatable bonds is 0. The Kier molecular flexibility index (Phi) is 1.82. The van der Waals surface area contributed by atoms with Gasteiger partial charge < -0.3 is 0 Å². The molecule has 0 bridgehead atoms. The van der Waals surface area contributed by atoms with E-state index >= 15 is 0 Å². The smallest absolute Gasteiger partial charge is 0.155 e. The Morgan fingerprint density at radius 2 is 2.29 bits per heavy atom. The minimum atomic E-state index is -0.940. The van der Waals surface area contributed by atoms with Gasteiger partial charge in [0, 0.05) is 5.75 Å². The van der Waals surface area contributed by atoms with Crippen molar-refractivity contribution >= 4 is 11.1 Å². The Morgan fingerprint density at radius 1 is 1.43 bits per heavy atom. The van der Waals surface area contributed by atoms with Crippen molar-refractivity contribution in [1.29, 1.82) is 0 Å². The third kappa shape index (κ3) is 1.57. The van der Waals surface area contributed by atoms with Crippen LogP contribution in [0, 0.1) is 0 Å². The van der Waals surface area contributed by atoms with Gasteiger partial charge in [0.05, 0.1) is 6.61 Å². The molecule has 1 atom stereocenters. The van der Waals surface area contributed by atoms with Gasteiger partial charge in [0.2, 0.25) is 0 Å². The quantitative estimate of drug-likeness (QED) is 0.464. The molecule has 2 nitrogen and oxygen atoms in total. The first-order valence-corrected chi connectivity index (χ1v) is 3.65. The van der Waals surface area contributed by atoms with E-state index in [4.69, 9.17) is 4.18 Å². The molecule has 3 heteroatoms. The fourth-order valence-electron chi connectivity index (χ4n) is 0.533. The zero-order chi connectivity index (χ0) is 5.11. The maximum atomic E-state index is 10.4. The molecular weight excluding hydrogens is 112 g/mol. The van der Waals surface area contributed by atoms with Crippen molar-refractivity contribution in [3.05, 3.63) is 0 Å². The summed E-state index contributed by atoms with van der Waals surface area (Å²) in [4.78, 5) is 0. The summed E-state index contributed by atoms with van der Waals surface area (Å²) < 4.78 is 15.1. The average Bonchev–Trinajstić information content (AvgIpc) is 1.69. The monoisotopic (exact) mass is 120 g/mol. The zero-order valence-electron chi connectivity index (χ0n) is 4.05. The highest BCUT2D eigenvalue weighted by Crippen LogP contribution is 2.02.